The molecule has 1 aliphatic heterocycles. The van der Waals surface area contributed by atoms with Crippen LogP contribution in [0.4, 0.5) is 0 Å². The minimum atomic E-state index is -0.934. The van der Waals surface area contributed by atoms with Crippen molar-refractivity contribution in [3.05, 3.63) is 41.7 Å². The number of nitrogens with zero attached hydrogens (tertiary/aromatic N) is 4. The van der Waals surface area contributed by atoms with Gasteiger partial charge in [-0.2, -0.15) is 15.0 Å². The predicted molar refractivity (Wildman–Crippen MR) is 81.8 cm³/mol. The van der Waals surface area contributed by atoms with E-state index in [0.29, 0.717) is 23.9 Å². The lowest BCUT2D eigenvalue weighted by molar-refractivity contribution is -0.152. The second-order valence-corrected chi connectivity index (χ2v) is 6.22. The third-order valence-electron chi connectivity index (χ3n) is 3.61. The van der Waals surface area contributed by atoms with Gasteiger partial charge in [-0.25, -0.2) is 0 Å². The van der Waals surface area contributed by atoms with Gasteiger partial charge in [-0.15, -0.1) is 0 Å². The Bertz CT molecular complexity index is 649. The highest BCUT2D eigenvalue weighted by Gasteiger charge is 2.41. The van der Waals surface area contributed by atoms with E-state index >= 15 is 0 Å². The van der Waals surface area contributed by atoms with Gasteiger partial charge in [-0.05, 0) is 38.1 Å². The molecule has 2 heterocycles. The van der Waals surface area contributed by atoms with Gasteiger partial charge >= 0.3 is 0 Å². The summed E-state index contributed by atoms with van der Waals surface area (Å²) in [5.74, 6) is 0.569. The molecule has 7 heteroatoms. The maximum Gasteiger partial charge on any atom is 0.266 e. The number of carbonyl (C=O) groups is 1. The standard InChI is InChI=1S/C15H17ClN4O2/c1-15(2,22-13-5-3-11(16)4-6-13)14(21)19-9-12(10-19)20-17-7-8-18-20/h3-8,12H,9-10H2,1-2H3. The molecule has 2 aromatic rings. The van der Waals surface area contributed by atoms with E-state index in [1.165, 1.54) is 0 Å². The molecule has 0 radical (unpaired) electrons. The number of amides is 1. The summed E-state index contributed by atoms with van der Waals surface area (Å²) in [6.45, 7) is 4.73. The Morgan fingerprint density at radius 3 is 2.41 bits per heavy atom. The number of ether oxygens (including phenoxy) is 1. The molecule has 1 saturated heterocycles. The topological polar surface area (TPSA) is 60.2 Å². The van der Waals surface area contributed by atoms with Crippen molar-refractivity contribution in [2.45, 2.75) is 25.5 Å². The number of benzene rings is 1. The fourth-order valence-electron chi connectivity index (χ4n) is 2.40. The third-order valence-corrected chi connectivity index (χ3v) is 3.87. The molecule has 1 aliphatic rings. The fraction of sp³-hybridized carbons (Fsp3) is 0.400. The highest BCUT2D eigenvalue weighted by Crippen LogP contribution is 2.26. The number of carbonyl (C=O) groups excluding carboxylic acids is 1. The first kappa shape index (κ1) is 14.8. The summed E-state index contributed by atoms with van der Waals surface area (Å²) in [6, 6.07) is 7.12. The van der Waals surface area contributed by atoms with E-state index in [1.54, 1.807) is 60.2 Å². The summed E-state index contributed by atoms with van der Waals surface area (Å²) < 4.78 is 5.81. The minimum absolute atomic E-state index is 0.0501. The maximum absolute atomic E-state index is 12.6. The first-order valence-corrected chi connectivity index (χ1v) is 7.43. The lowest BCUT2D eigenvalue weighted by atomic mass is 10.0. The van der Waals surface area contributed by atoms with E-state index in [4.69, 9.17) is 16.3 Å². The van der Waals surface area contributed by atoms with Crippen LogP contribution >= 0.6 is 11.6 Å². The second-order valence-electron chi connectivity index (χ2n) is 5.78. The van der Waals surface area contributed by atoms with Crippen LogP contribution in [0.2, 0.25) is 5.02 Å². The molecule has 0 saturated carbocycles. The Morgan fingerprint density at radius 2 is 1.82 bits per heavy atom. The first-order valence-electron chi connectivity index (χ1n) is 7.05. The van der Waals surface area contributed by atoms with Crippen molar-refractivity contribution in [2.75, 3.05) is 13.1 Å². The molecule has 0 atom stereocenters. The number of halogens is 1. The number of aromatic nitrogens is 3. The molecule has 0 unspecified atom stereocenters. The molecule has 0 N–H and O–H groups in total. The summed E-state index contributed by atoms with van der Waals surface area (Å²) in [6.07, 6.45) is 3.27. The highest BCUT2D eigenvalue weighted by molar-refractivity contribution is 6.30. The molecule has 1 aromatic carbocycles. The SMILES string of the molecule is CC(C)(Oc1ccc(Cl)cc1)C(=O)N1CC(n2nccn2)C1. The zero-order valence-corrected chi connectivity index (χ0v) is 13.2. The van der Waals surface area contributed by atoms with Crippen LogP contribution in [0, 0.1) is 0 Å². The average molecular weight is 321 g/mol. The molecule has 0 bridgehead atoms. The monoisotopic (exact) mass is 320 g/mol. The first-order chi connectivity index (χ1) is 10.5. The van der Waals surface area contributed by atoms with Gasteiger partial charge in [0.15, 0.2) is 5.60 Å². The Labute approximate surface area is 133 Å². The number of hydrogen-bond donors (Lipinski definition) is 0. The van der Waals surface area contributed by atoms with Gasteiger partial charge in [0.2, 0.25) is 0 Å². The highest BCUT2D eigenvalue weighted by atomic mass is 35.5. The maximum atomic E-state index is 12.6. The summed E-state index contributed by atoms with van der Waals surface area (Å²) >= 11 is 5.85. The lowest BCUT2D eigenvalue weighted by Crippen LogP contribution is -2.58. The third kappa shape index (κ3) is 2.92. The zero-order chi connectivity index (χ0) is 15.7. The second kappa shape index (κ2) is 5.61. The van der Waals surface area contributed by atoms with Crippen molar-refractivity contribution in [1.29, 1.82) is 0 Å². The molecule has 0 aliphatic carbocycles. The van der Waals surface area contributed by atoms with Crippen LogP contribution in [0.15, 0.2) is 36.7 Å². The molecular formula is C15H17ClN4O2. The largest absolute Gasteiger partial charge is 0.478 e. The van der Waals surface area contributed by atoms with Crippen LogP contribution in [0.3, 0.4) is 0 Å². The molecule has 22 heavy (non-hydrogen) atoms. The summed E-state index contributed by atoms with van der Waals surface area (Å²) in [5.41, 5.74) is -0.934. The summed E-state index contributed by atoms with van der Waals surface area (Å²) in [7, 11) is 0. The Balaban J connectivity index is 1.60. The van der Waals surface area contributed by atoms with E-state index in [2.05, 4.69) is 10.2 Å². The zero-order valence-electron chi connectivity index (χ0n) is 12.4. The molecule has 3 rings (SSSR count). The van der Waals surface area contributed by atoms with Gasteiger partial charge in [-0.3, -0.25) is 4.79 Å². The van der Waals surface area contributed by atoms with E-state index in [1.807, 2.05) is 0 Å². The van der Waals surface area contributed by atoms with Crippen LogP contribution in [0.25, 0.3) is 0 Å². The van der Waals surface area contributed by atoms with Crippen LogP contribution in [0.1, 0.15) is 19.9 Å². The fourth-order valence-corrected chi connectivity index (χ4v) is 2.53. The van der Waals surface area contributed by atoms with Crippen molar-refractivity contribution >= 4 is 17.5 Å². The number of hydrogen-bond acceptors (Lipinski definition) is 4. The van der Waals surface area contributed by atoms with Gasteiger partial charge in [0.05, 0.1) is 12.4 Å². The molecule has 0 spiro atoms. The van der Waals surface area contributed by atoms with E-state index in [0.717, 1.165) is 0 Å². The van der Waals surface area contributed by atoms with Crippen molar-refractivity contribution in [2.24, 2.45) is 0 Å². The number of rotatable bonds is 4. The Hall–Kier alpha value is -2.08. The van der Waals surface area contributed by atoms with E-state index < -0.39 is 5.60 Å². The van der Waals surface area contributed by atoms with Crippen LogP contribution < -0.4 is 4.74 Å². The van der Waals surface area contributed by atoms with E-state index in [-0.39, 0.29) is 11.9 Å². The summed E-state index contributed by atoms with van der Waals surface area (Å²) in [5, 5.41) is 8.82. The lowest BCUT2D eigenvalue weighted by Gasteiger charge is -2.42. The number of likely N-dealkylation sites (tertiary alicyclic amines) is 1. The molecule has 1 aromatic heterocycles. The molecular weight excluding hydrogens is 304 g/mol. The van der Waals surface area contributed by atoms with Gasteiger partial charge in [0.25, 0.3) is 5.91 Å². The molecule has 1 fully saturated rings. The van der Waals surface area contributed by atoms with E-state index in [9.17, 15) is 4.79 Å². The van der Waals surface area contributed by atoms with Crippen molar-refractivity contribution in [1.82, 2.24) is 19.9 Å². The predicted octanol–water partition coefficient (Wildman–Crippen LogP) is 2.17. The van der Waals surface area contributed by atoms with Crippen molar-refractivity contribution in [3.63, 3.8) is 0 Å². The van der Waals surface area contributed by atoms with Gasteiger partial charge in [0.1, 0.15) is 11.8 Å². The van der Waals surface area contributed by atoms with Gasteiger partial charge in [-0.1, -0.05) is 11.6 Å². The minimum Gasteiger partial charge on any atom is -0.478 e. The van der Waals surface area contributed by atoms with Crippen LogP contribution in [0.5, 0.6) is 5.75 Å². The quantitative estimate of drug-likeness (QED) is 0.866. The molecule has 1 amide bonds. The summed E-state index contributed by atoms with van der Waals surface area (Å²) in [4.78, 5) is 15.9. The van der Waals surface area contributed by atoms with Crippen molar-refractivity contribution in [3.8, 4) is 5.75 Å². The molecule has 116 valence electrons. The van der Waals surface area contributed by atoms with Crippen LogP contribution in [-0.4, -0.2) is 44.5 Å². The smallest absolute Gasteiger partial charge is 0.266 e. The normalized spacial score (nSPS) is 15.5. The Morgan fingerprint density at radius 1 is 1.23 bits per heavy atom. The van der Waals surface area contributed by atoms with Crippen LogP contribution in [-0.2, 0) is 4.79 Å². The molecule has 6 nitrogen and oxygen atoms in total. The Kier molecular flexibility index (Phi) is 3.78. The van der Waals surface area contributed by atoms with Gasteiger partial charge < -0.3 is 9.64 Å². The van der Waals surface area contributed by atoms with Crippen molar-refractivity contribution < 1.29 is 9.53 Å². The average Bonchev–Trinajstić information content (AvgIpc) is 2.93. The van der Waals surface area contributed by atoms with Gasteiger partial charge in [0, 0.05) is 18.1 Å².